The zero-order valence-electron chi connectivity index (χ0n) is 10.1. The van der Waals surface area contributed by atoms with Gasteiger partial charge in [0.2, 0.25) is 0 Å². The van der Waals surface area contributed by atoms with Gasteiger partial charge in [-0.1, -0.05) is 18.7 Å². The van der Waals surface area contributed by atoms with Crippen molar-refractivity contribution < 1.29 is 29.1 Å². The van der Waals surface area contributed by atoms with Crippen molar-refractivity contribution in [1.29, 1.82) is 0 Å². The van der Waals surface area contributed by atoms with Gasteiger partial charge in [0.15, 0.2) is 0 Å². The molecule has 2 N–H and O–H groups in total. The standard InChI is InChI=1S/C12H13BO6/c1-2-11(14)18-7-8-19-12(15)9-3-5-10(6-4-9)13(16)17/h2-6,16-17H,1,7-8H2. The predicted molar refractivity (Wildman–Crippen MR) is 67.7 cm³/mol. The molecule has 0 aliphatic carbocycles. The summed E-state index contributed by atoms with van der Waals surface area (Å²) in [6.45, 7) is 3.10. The minimum absolute atomic E-state index is 0.0516. The number of rotatable bonds is 6. The molecule has 1 aromatic carbocycles. The van der Waals surface area contributed by atoms with E-state index >= 15 is 0 Å². The Morgan fingerprint density at radius 3 is 2.26 bits per heavy atom. The van der Waals surface area contributed by atoms with Gasteiger partial charge in [0, 0.05) is 6.08 Å². The van der Waals surface area contributed by atoms with E-state index in [-0.39, 0.29) is 24.2 Å². The normalized spacial score (nSPS) is 9.58. The third-order valence-electron chi connectivity index (χ3n) is 2.17. The molecule has 0 aliphatic heterocycles. The second kappa shape index (κ2) is 7.35. The summed E-state index contributed by atoms with van der Waals surface area (Å²) >= 11 is 0. The average molecular weight is 264 g/mol. The topological polar surface area (TPSA) is 93.1 Å². The molecule has 6 nitrogen and oxygen atoms in total. The molecule has 100 valence electrons. The van der Waals surface area contributed by atoms with Crippen LogP contribution < -0.4 is 5.46 Å². The van der Waals surface area contributed by atoms with Crippen LogP contribution in [-0.2, 0) is 14.3 Å². The zero-order valence-corrected chi connectivity index (χ0v) is 10.1. The summed E-state index contributed by atoms with van der Waals surface area (Å²) in [5, 5.41) is 17.8. The third-order valence-corrected chi connectivity index (χ3v) is 2.17. The molecule has 0 aromatic heterocycles. The van der Waals surface area contributed by atoms with Crippen LogP contribution in [0.3, 0.4) is 0 Å². The summed E-state index contributed by atoms with van der Waals surface area (Å²) in [4.78, 5) is 22.2. The van der Waals surface area contributed by atoms with Crippen LogP contribution in [0.15, 0.2) is 36.9 Å². The lowest BCUT2D eigenvalue weighted by Gasteiger charge is -2.05. The largest absolute Gasteiger partial charge is 0.488 e. The molecule has 0 unspecified atom stereocenters. The first kappa shape index (κ1) is 14.9. The van der Waals surface area contributed by atoms with Gasteiger partial charge in [-0.05, 0) is 17.6 Å². The fraction of sp³-hybridized carbons (Fsp3) is 0.167. The lowest BCUT2D eigenvalue weighted by molar-refractivity contribution is -0.138. The van der Waals surface area contributed by atoms with E-state index in [1.165, 1.54) is 24.3 Å². The van der Waals surface area contributed by atoms with Crippen molar-refractivity contribution in [2.24, 2.45) is 0 Å². The Morgan fingerprint density at radius 2 is 1.74 bits per heavy atom. The van der Waals surface area contributed by atoms with Crippen LogP contribution in [0, 0.1) is 0 Å². The van der Waals surface area contributed by atoms with Gasteiger partial charge < -0.3 is 19.5 Å². The highest BCUT2D eigenvalue weighted by Crippen LogP contribution is 2.00. The minimum Gasteiger partial charge on any atom is -0.459 e. The number of ether oxygens (including phenoxy) is 2. The summed E-state index contributed by atoms with van der Waals surface area (Å²) in [5.41, 5.74) is 0.538. The highest BCUT2D eigenvalue weighted by Gasteiger charge is 2.12. The number of hydrogen-bond donors (Lipinski definition) is 2. The van der Waals surface area contributed by atoms with Gasteiger partial charge in [-0.25, -0.2) is 9.59 Å². The Hall–Kier alpha value is -2.12. The molecule has 1 aromatic rings. The fourth-order valence-electron chi connectivity index (χ4n) is 1.21. The Labute approximate surface area is 110 Å². The van der Waals surface area contributed by atoms with Crippen LogP contribution in [-0.4, -0.2) is 42.3 Å². The molecule has 0 radical (unpaired) electrons. The van der Waals surface area contributed by atoms with Gasteiger partial charge in [0.25, 0.3) is 0 Å². The number of hydrogen-bond acceptors (Lipinski definition) is 6. The predicted octanol–water partition coefficient (Wildman–Crippen LogP) is -0.748. The summed E-state index contributed by atoms with van der Waals surface area (Å²) in [5.74, 6) is -1.18. The first-order chi connectivity index (χ1) is 9.04. The molecule has 0 amide bonds. The van der Waals surface area contributed by atoms with Gasteiger partial charge in [0.1, 0.15) is 13.2 Å². The smallest absolute Gasteiger partial charge is 0.459 e. The maximum absolute atomic E-state index is 11.5. The first-order valence-electron chi connectivity index (χ1n) is 5.47. The average Bonchev–Trinajstić information content (AvgIpc) is 2.43. The lowest BCUT2D eigenvalue weighted by Crippen LogP contribution is -2.29. The van der Waals surface area contributed by atoms with Crippen LogP contribution in [0.1, 0.15) is 10.4 Å². The van der Waals surface area contributed by atoms with E-state index in [1.54, 1.807) is 0 Å². The molecular formula is C12H13BO6. The monoisotopic (exact) mass is 264 g/mol. The van der Waals surface area contributed by atoms with Crippen molar-refractivity contribution >= 4 is 24.5 Å². The van der Waals surface area contributed by atoms with E-state index in [2.05, 4.69) is 11.3 Å². The van der Waals surface area contributed by atoms with E-state index in [1.807, 2.05) is 0 Å². The minimum atomic E-state index is -1.58. The van der Waals surface area contributed by atoms with Gasteiger partial charge in [-0.2, -0.15) is 0 Å². The lowest BCUT2D eigenvalue weighted by atomic mass is 9.80. The van der Waals surface area contributed by atoms with Crippen molar-refractivity contribution in [1.82, 2.24) is 0 Å². The zero-order chi connectivity index (χ0) is 14.3. The SMILES string of the molecule is C=CC(=O)OCCOC(=O)c1ccc(B(O)O)cc1. The Kier molecular flexibility index (Phi) is 5.78. The van der Waals surface area contributed by atoms with Crippen LogP contribution >= 0.6 is 0 Å². The van der Waals surface area contributed by atoms with Gasteiger partial charge >= 0.3 is 19.1 Å². The summed E-state index contributed by atoms with van der Waals surface area (Å²) in [7, 11) is -1.58. The molecule has 0 saturated carbocycles. The molecule has 19 heavy (non-hydrogen) atoms. The van der Waals surface area contributed by atoms with Gasteiger partial charge in [0.05, 0.1) is 5.56 Å². The summed E-state index contributed by atoms with van der Waals surface area (Å²) in [6.07, 6.45) is 1.01. The first-order valence-corrected chi connectivity index (χ1v) is 5.47. The fourth-order valence-corrected chi connectivity index (χ4v) is 1.21. The molecule has 0 bridgehead atoms. The molecule has 1 rings (SSSR count). The van der Waals surface area contributed by atoms with Gasteiger partial charge in [-0.15, -0.1) is 0 Å². The van der Waals surface area contributed by atoms with Crippen LogP contribution in [0.5, 0.6) is 0 Å². The van der Waals surface area contributed by atoms with Crippen LogP contribution in [0.2, 0.25) is 0 Å². The molecule has 0 spiro atoms. The Morgan fingerprint density at radius 1 is 1.16 bits per heavy atom. The van der Waals surface area contributed by atoms with Crippen molar-refractivity contribution in [3.63, 3.8) is 0 Å². The quantitative estimate of drug-likeness (QED) is 0.304. The van der Waals surface area contributed by atoms with E-state index < -0.39 is 19.1 Å². The second-order valence-corrected chi connectivity index (χ2v) is 3.50. The van der Waals surface area contributed by atoms with E-state index in [0.717, 1.165) is 6.08 Å². The molecule has 0 atom stereocenters. The number of carbonyl (C=O) groups excluding carboxylic acids is 2. The van der Waals surface area contributed by atoms with Crippen molar-refractivity contribution in [2.75, 3.05) is 13.2 Å². The highest BCUT2D eigenvalue weighted by molar-refractivity contribution is 6.58. The Bertz CT molecular complexity index is 454. The second-order valence-electron chi connectivity index (χ2n) is 3.50. The Balaban J connectivity index is 2.41. The van der Waals surface area contributed by atoms with Crippen LogP contribution in [0.4, 0.5) is 0 Å². The molecule has 0 heterocycles. The maximum atomic E-state index is 11.5. The van der Waals surface area contributed by atoms with Crippen molar-refractivity contribution in [2.45, 2.75) is 0 Å². The number of carbonyl (C=O) groups is 2. The van der Waals surface area contributed by atoms with Crippen molar-refractivity contribution in [3.8, 4) is 0 Å². The van der Waals surface area contributed by atoms with Crippen molar-refractivity contribution in [3.05, 3.63) is 42.5 Å². The maximum Gasteiger partial charge on any atom is 0.488 e. The highest BCUT2D eigenvalue weighted by atomic mass is 16.6. The van der Waals surface area contributed by atoms with E-state index in [4.69, 9.17) is 14.8 Å². The number of esters is 2. The summed E-state index contributed by atoms with van der Waals surface area (Å²) in [6, 6.07) is 5.62. The van der Waals surface area contributed by atoms with Crippen LogP contribution in [0.25, 0.3) is 0 Å². The molecule has 0 saturated heterocycles. The summed E-state index contributed by atoms with van der Waals surface area (Å²) < 4.78 is 9.48. The van der Waals surface area contributed by atoms with E-state index in [9.17, 15) is 9.59 Å². The number of benzene rings is 1. The molecule has 0 aliphatic rings. The van der Waals surface area contributed by atoms with E-state index in [0.29, 0.717) is 0 Å². The molecule has 0 fully saturated rings. The molecule has 7 heteroatoms. The molecular weight excluding hydrogens is 251 g/mol. The van der Waals surface area contributed by atoms with Gasteiger partial charge in [-0.3, -0.25) is 0 Å². The third kappa shape index (κ3) is 4.95.